The van der Waals surface area contributed by atoms with Gasteiger partial charge in [0, 0.05) is 12.7 Å². The Hall–Kier alpha value is -2.12. The van der Waals surface area contributed by atoms with Crippen molar-refractivity contribution in [1.82, 2.24) is 10.1 Å². The minimum Gasteiger partial charge on any atom is -0.493 e. The summed E-state index contributed by atoms with van der Waals surface area (Å²) in [4.78, 5) is 4.22. The van der Waals surface area contributed by atoms with E-state index < -0.39 is 0 Å². The van der Waals surface area contributed by atoms with Crippen LogP contribution in [0, 0.1) is 0 Å². The molecule has 2 rings (SSSR count). The van der Waals surface area contributed by atoms with E-state index in [1.807, 2.05) is 6.07 Å². The number of nitrogens with zero attached hydrogens (tertiary/aromatic N) is 2. The summed E-state index contributed by atoms with van der Waals surface area (Å²) in [7, 11) is 4.76. The smallest absolute Gasteiger partial charge is 0.240 e. The third kappa shape index (κ3) is 2.73. The second kappa shape index (κ2) is 6.36. The average Bonchev–Trinajstić information content (AvgIpc) is 2.95. The molecule has 0 bridgehead atoms. The molecule has 20 heavy (non-hydrogen) atoms. The van der Waals surface area contributed by atoms with Crippen LogP contribution < -0.4 is 15.2 Å². The second-order valence-corrected chi connectivity index (χ2v) is 4.01. The lowest BCUT2D eigenvalue weighted by molar-refractivity contribution is 0.185. The zero-order valence-corrected chi connectivity index (χ0v) is 11.7. The molecular formula is C13H17N3O4. The van der Waals surface area contributed by atoms with Crippen molar-refractivity contribution in [1.29, 1.82) is 0 Å². The van der Waals surface area contributed by atoms with Crippen molar-refractivity contribution in [2.24, 2.45) is 5.73 Å². The van der Waals surface area contributed by atoms with Crippen molar-refractivity contribution < 1.29 is 18.7 Å². The molecule has 0 aliphatic rings. The van der Waals surface area contributed by atoms with E-state index in [0.717, 1.165) is 11.1 Å². The minimum atomic E-state index is 0.194. The van der Waals surface area contributed by atoms with Crippen LogP contribution in [-0.2, 0) is 17.9 Å². The van der Waals surface area contributed by atoms with Crippen LogP contribution >= 0.6 is 0 Å². The molecule has 0 fully saturated rings. The van der Waals surface area contributed by atoms with Crippen molar-refractivity contribution in [2.45, 2.75) is 13.2 Å². The van der Waals surface area contributed by atoms with Crippen LogP contribution in [0.5, 0.6) is 11.5 Å². The van der Waals surface area contributed by atoms with Crippen molar-refractivity contribution in [3.63, 3.8) is 0 Å². The number of hydrogen-bond acceptors (Lipinski definition) is 7. The molecular weight excluding hydrogens is 262 g/mol. The molecule has 0 radical (unpaired) electrons. The van der Waals surface area contributed by atoms with E-state index in [4.69, 9.17) is 24.5 Å². The SMILES string of the molecule is COCc1cc(OC)c(OC)cc1-c1noc(CN)n1. The fourth-order valence-electron chi connectivity index (χ4n) is 1.85. The Labute approximate surface area is 116 Å². The van der Waals surface area contributed by atoms with Gasteiger partial charge in [0.2, 0.25) is 11.7 Å². The Morgan fingerprint density at radius 2 is 1.85 bits per heavy atom. The first-order valence-electron chi connectivity index (χ1n) is 6.00. The third-order valence-electron chi connectivity index (χ3n) is 2.79. The quantitative estimate of drug-likeness (QED) is 0.853. The summed E-state index contributed by atoms with van der Waals surface area (Å²) in [5.41, 5.74) is 7.10. The molecule has 7 nitrogen and oxygen atoms in total. The number of ether oxygens (including phenoxy) is 3. The molecule has 1 aromatic carbocycles. The first kappa shape index (κ1) is 14.3. The fourth-order valence-corrected chi connectivity index (χ4v) is 1.85. The lowest BCUT2D eigenvalue weighted by Gasteiger charge is -2.12. The Morgan fingerprint density at radius 1 is 1.15 bits per heavy atom. The molecule has 0 atom stereocenters. The number of nitrogens with two attached hydrogens (primary N) is 1. The van der Waals surface area contributed by atoms with E-state index in [9.17, 15) is 0 Å². The van der Waals surface area contributed by atoms with Crippen molar-refractivity contribution in [3.8, 4) is 22.9 Å². The summed E-state index contributed by atoms with van der Waals surface area (Å²) in [6.45, 7) is 0.585. The highest BCUT2D eigenvalue weighted by Crippen LogP contribution is 2.35. The monoisotopic (exact) mass is 279 g/mol. The maximum atomic E-state index is 5.47. The van der Waals surface area contributed by atoms with E-state index in [1.54, 1.807) is 27.4 Å². The molecule has 7 heteroatoms. The zero-order chi connectivity index (χ0) is 14.5. The molecule has 2 aromatic rings. The summed E-state index contributed by atoms with van der Waals surface area (Å²) in [6.07, 6.45) is 0. The fraction of sp³-hybridized carbons (Fsp3) is 0.385. The van der Waals surface area contributed by atoms with Gasteiger partial charge in [-0.3, -0.25) is 0 Å². The molecule has 0 saturated heterocycles. The lowest BCUT2D eigenvalue weighted by atomic mass is 10.1. The van der Waals surface area contributed by atoms with E-state index >= 15 is 0 Å². The van der Waals surface area contributed by atoms with Crippen LogP contribution in [0.2, 0.25) is 0 Å². The molecule has 108 valence electrons. The topological polar surface area (TPSA) is 92.6 Å². The number of methoxy groups -OCH3 is 3. The standard InChI is InChI=1S/C13H17N3O4/c1-17-7-8-4-10(18-2)11(19-3)5-9(8)13-15-12(6-14)20-16-13/h4-5H,6-7,14H2,1-3H3. The molecule has 0 spiro atoms. The maximum Gasteiger partial charge on any atom is 0.240 e. The molecule has 0 saturated carbocycles. The second-order valence-electron chi connectivity index (χ2n) is 4.01. The van der Waals surface area contributed by atoms with Gasteiger partial charge in [0.1, 0.15) is 0 Å². The normalized spacial score (nSPS) is 10.6. The molecule has 0 amide bonds. The largest absolute Gasteiger partial charge is 0.493 e. The molecule has 2 N–H and O–H groups in total. The predicted octanol–water partition coefficient (Wildman–Crippen LogP) is 1.36. The van der Waals surface area contributed by atoms with Crippen LogP contribution in [0.3, 0.4) is 0 Å². The van der Waals surface area contributed by atoms with Gasteiger partial charge in [0.25, 0.3) is 0 Å². The van der Waals surface area contributed by atoms with Gasteiger partial charge in [0.05, 0.1) is 27.4 Å². The van der Waals surface area contributed by atoms with Gasteiger partial charge in [0.15, 0.2) is 11.5 Å². The van der Waals surface area contributed by atoms with Gasteiger partial charge in [-0.1, -0.05) is 5.16 Å². The van der Waals surface area contributed by atoms with Crippen LogP contribution in [0.15, 0.2) is 16.7 Å². The predicted molar refractivity (Wildman–Crippen MR) is 71.4 cm³/mol. The van der Waals surface area contributed by atoms with Crippen LogP contribution in [0.4, 0.5) is 0 Å². The van der Waals surface area contributed by atoms with Gasteiger partial charge in [-0.2, -0.15) is 4.98 Å². The summed E-state index contributed by atoms with van der Waals surface area (Å²) in [5, 5.41) is 3.91. The van der Waals surface area contributed by atoms with Crippen LogP contribution in [0.1, 0.15) is 11.5 Å². The summed E-state index contributed by atoms with van der Waals surface area (Å²) < 4.78 is 20.8. The maximum absolute atomic E-state index is 5.47. The van der Waals surface area contributed by atoms with Crippen molar-refractivity contribution in [3.05, 3.63) is 23.6 Å². The number of hydrogen-bond donors (Lipinski definition) is 1. The summed E-state index contributed by atoms with van der Waals surface area (Å²) >= 11 is 0. The highest BCUT2D eigenvalue weighted by molar-refractivity contribution is 5.65. The first-order valence-corrected chi connectivity index (χ1v) is 6.00. The lowest BCUT2D eigenvalue weighted by Crippen LogP contribution is -1.99. The van der Waals surface area contributed by atoms with Crippen molar-refractivity contribution in [2.75, 3.05) is 21.3 Å². The first-order chi connectivity index (χ1) is 9.73. The molecule has 0 aliphatic carbocycles. The molecule has 1 heterocycles. The molecule has 1 aromatic heterocycles. The third-order valence-corrected chi connectivity index (χ3v) is 2.79. The Morgan fingerprint density at radius 3 is 2.40 bits per heavy atom. The van der Waals surface area contributed by atoms with Gasteiger partial charge in [-0.15, -0.1) is 0 Å². The molecule has 0 unspecified atom stereocenters. The molecule has 0 aliphatic heterocycles. The zero-order valence-electron chi connectivity index (χ0n) is 11.7. The van der Waals surface area contributed by atoms with Gasteiger partial charge < -0.3 is 24.5 Å². The highest BCUT2D eigenvalue weighted by Gasteiger charge is 2.16. The van der Waals surface area contributed by atoms with Gasteiger partial charge >= 0.3 is 0 Å². The highest BCUT2D eigenvalue weighted by atomic mass is 16.5. The minimum absolute atomic E-state index is 0.194. The van der Waals surface area contributed by atoms with Crippen LogP contribution in [0.25, 0.3) is 11.4 Å². The van der Waals surface area contributed by atoms with Gasteiger partial charge in [-0.25, -0.2) is 0 Å². The number of benzene rings is 1. The summed E-state index contributed by atoms with van der Waals surface area (Å²) in [5.74, 6) is 2.02. The van der Waals surface area contributed by atoms with E-state index in [0.29, 0.717) is 29.8 Å². The van der Waals surface area contributed by atoms with Crippen LogP contribution in [-0.4, -0.2) is 31.5 Å². The average molecular weight is 279 g/mol. The Balaban J connectivity index is 2.53. The number of aromatic nitrogens is 2. The van der Waals surface area contributed by atoms with Gasteiger partial charge in [-0.05, 0) is 17.7 Å². The van der Waals surface area contributed by atoms with Crippen molar-refractivity contribution >= 4 is 0 Å². The van der Waals surface area contributed by atoms with E-state index in [2.05, 4.69) is 10.1 Å². The summed E-state index contributed by atoms with van der Waals surface area (Å²) in [6, 6.07) is 3.62. The Bertz CT molecular complexity index is 583. The van der Waals surface area contributed by atoms with E-state index in [-0.39, 0.29) is 6.54 Å². The number of rotatable bonds is 6. The Kier molecular flexibility index (Phi) is 4.54. The van der Waals surface area contributed by atoms with E-state index in [1.165, 1.54) is 0 Å².